The lowest BCUT2D eigenvalue weighted by atomic mass is 9.89. The van der Waals surface area contributed by atoms with Crippen molar-refractivity contribution in [1.82, 2.24) is 19.4 Å². The van der Waals surface area contributed by atoms with Crippen LogP contribution in [0.4, 0.5) is 13.2 Å². The topological polar surface area (TPSA) is 62.4 Å². The predicted molar refractivity (Wildman–Crippen MR) is 117 cm³/mol. The van der Waals surface area contributed by atoms with Gasteiger partial charge in [0.25, 0.3) is 0 Å². The van der Waals surface area contributed by atoms with E-state index in [9.17, 15) is 23.1 Å². The first-order valence-electron chi connectivity index (χ1n) is 11.0. The van der Waals surface area contributed by atoms with Crippen LogP contribution in [-0.4, -0.2) is 37.3 Å². The molecule has 0 spiro atoms. The molecule has 3 heterocycles. The summed E-state index contributed by atoms with van der Waals surface area (Å²) >= 11 is 5.62. The number of nitrogens with one attached hydrogen (secondary N) is 1. The fraction of sp³-hybridized carbons (Fsp3) is 0.545. The minimum absolute atomic E-state index is 0.00632. The van der Waals surface area contributed by atoms with Gasteiger partial charge >= 0.3 is 11.9 Å². The third-order valence-corrected chi connectivity index (χ3v) is 7.40. The van der Waals surface area contributed by atoms with Crippen molar-refractivity contribution in [2.75, 3.05) is 13.1 Å². The highest BCUT2D eigenvalue weighted by molar-refractivity contribution is 7.80. The Balaban J connectivity index is 1.40. The molecule has 1 unspecified atom stereocenters. The molecule has 0 radical (unpaired) electrons. The van der Waals surface area contributed by atoms with Gasteiger partial charge in [0.2, 0.25) is 5.88 Å². The minimum atomic E-state index is -4.54. The molecule has 1 saturated heterocycles. The second-order valence-corrected chi connectivity index (χ2v) is 9.38. The van der Waals surface area contributed by atoms with Gasteiger partial charge in [-0.05, 0) is 55.6 Å². The summed E-state index contributed by atoms with van der Waals surface area (Å²) in [7, 11) is 0. The van der Waals surface area contributed by atoms with Crippen LogP contribution in [0.1, 0.15) is 61.9 Å². The molecule has 172 valence electrons. The lowest BCUT2D eigenvalue weighted by Crippen LogP contribution is -2.44. The fourth-order valence-corrected chi connectivity index (χ4v) is 5.73. The lowest BCUT2D eigenvalue weighted by Gasteiger charge is -2.31. The molecule has 2 bridgehead atoms. The van der Waals surface area contributed by atoms with Gasteiger partial charge in [-0.25, -0.2) is 9.36 Å². The van der Waals surface area contributed by atoms with E-state index in [2.05, 4.69) is 5.32 Å². The SMILES string of the molecule is O=c1n(-c2cccc(C(F)(F)F)c2)c(O)c2n1C1C[C@H]2N(C(=S)NCC2CCCCC2)C1. The average Bonchev–Trinajstić information content (AvgIpc) is 3.43. The van der Waals surface area contributed by atoms with Crippen LogP contribution < -0.4 is 11.0 Å². The molecule has 5 rings (SSSR count). The maximum absolute atomic E-state index is 13.1. The van der Waals surface area contributed by atoms with Gasteiger partial charge < -0.3 is 15.3 Å². The van der Waals surface area contributed by atoms with Crippen LogP contribution in [0.15, 0.2) is 29.1 Å². The first-order valence-corrected chi connectivity index (χ1v) is 11.4. The van der Waals surface area contributed by atoms with Gasteiger partial charge in [0.1, 0.15) is 5.69 Å². The second kappa shape index (κ2) is 7.83. The zero-order valence-electron chi connectivity index (χ0n) is 17.4. The van der Waals surface area contributed by atoms with Gasteiger partial charge in [-0.3, -0.25) is 4.57 Å². The summed E-state index contributed by atoms with van der Waals surface area (Å²) in [5.74, 6) is 0.289. The van der Waals surface area contributed by atoms with Crippen LogP contribution in [0.2, 0.25) is 0 Å². The average molecular weight is 467 g/mol. The van der Waals surface area contributed by atoms with Crippen LogP contribution in [0, 0.1) is 5.92 Å². The fourth-order valence-electron chi connectivity index (χ4n) is 5.45. The Morgan fingerprint density at radius 2 is 1.97 bits per heavy atom. The summed E-state index contributed by atoms with van der Waals surface area (Å²) in [5.41, 5.74) is -0.978. The van der Waals surface area contributed by atoms with Gasteiger partial charge in [-0.1, -0.05) is 25.3 Å². The van der Waals surface area contributed by atoms with Crippen LogP contribution in [0.3, 0.4) is 0 Å². The first kappa shape index (κ1) is 21.4. The molecule has 3 aliphatic rings. The number of imidazole rings is 1. The molecule has 2 aliphatic heterocycles. The van der Waals surface area contributed by atoms with E-state index in [1.54, 1.807) is 0 Å². The summed E-state index contributed by atoms with van der Waals surface area (Å²) in [6, 6.07) is 4.01. The Hall–Kier alpha value is -2.49. The summed E-state index contributed by atoms with van der Waals surface area (Å²) in [6.45, 7) is 1.36. The van der Waals surface area contributed by atoms with Gasteiger partial charge in [-0.2, -0.15) is 13.2 Å². The number of nitrogens with zero attached hydrogens (tertiary/aromatic N) is 3. The third-order valence-electron chi connectivity index (χ3n) is 7.02. The van der Waals surface area contributed by atoms with Crippen LogP contribution in [-0.2, 0) is 6.18 Å². The Morgan fingerprint density at radius 3 is 2.69 bits per heavy atom. The molecular formula is C22H25F3N4O2S. The zero-order valence-corrected chi connectivity index (χ0v) is 18.3. The predicted octanol–water partition coefficient (Wildman–Crippen LogP) is 4.12. The highest BCUT2D eigenvalue weighted by Crippen LogP contribution is 2.48. The molecule has 32 heavy (non-hydrogen) atoms. The Labute approximate surface area is 188 Å². The molecule has 1 saturated carbocycles. The van der Waals surface area contributed by atoms with Crippen LogP contribution >= 0.6 is 12.2 Å². The van der Waals surface area contributed by atoms with E-state index in [0.29, 0.717) is 29.7 Å². The summed E-state index contributed by atoms with van der Waals surface area (Å²) in [5, 5.41) is 14.9. The van der Waals surface area contributed by atoms with Crippen molar-refractivity contribution in [3.05, 3.63) is 46.0 Å². The highest BCUT2D eigenvalue weighted by atomic mass is 32.1. The summed E-state index contributed by atoms with van der Waals surface area (Å²) in [4.78, 5) is 15.1. The van der Waals surface area contributed by atoms with E-state index in [1.807, 2.05) is 4.90 Å². The number of halogens is 3. The molecular weight excluding hydrogens is 441 g/mol. The number of aromatic nitrogens is 2. The molecule has 2 aromatic rings. The Kier molecular flexibility index (Phi) is 5.22. The van der Waals surface area contributed by atoms with Crippen molar-refractivity contribution in [3.8, 4) is 11.6 Å². The standard InChI is InChI=1S/C22H25F3N4O2S/c23-22(24,25)14-7-4-8-15(9-14)29-19(30)18-17-10-16(28(18)21(29)31)12-27(17)20(32)26-11-13-5-2-1-3-6-13/h4,7-9,13,16-17,30H,1-3,5-6,10-12H2,(H,26,32)/t16?,17-/m1/s1. The summed E-state index contributed by atoms with van der Waals surface area (Å²) < 4.78 is 41.9. The number of aromatic hydroxyl groups is 1. The van der Waals surface area contributed by atoms with Crippen molar-refractivity contribution in [2.45, 2.75) is 56.8 Å². The van der Waals surface area contributed by atoms with E-state index < -0.39 is 17.4 Å². The largest absolute Gasteiger partial charge is 0.493 e. The van der Waals surface area contributed by atoms with Gasteiger partial charge in [0.15, 0.2) is 5.11 Å². The van der Waals surface area contributed by atoms with Crippen LogP contribution in [0.5, 0.6) is 5.88 Å². The quantitative estimate of drug-likeness (QED) is 0.667. The maximum atomic E-state index is 13.1. The molecule has 1 aliphatic carbocycles. The molecule has 1 aromatic heterocycles. The molecule has 2 atom stereocenters. The number of hydrogen-bond acceptors (Lipinski definition) is 3. The van der Waals surface area contributed by atoms with E-state index in [-0.39, 0.29) is 23.7 Å². The van der Waals surface area contributed by atoms with E-state index >= 15 is 0 Å². The Morgan fingerprint density at radius 1 is 1.22 bits per heavy atom. The van der Waals surface area contributed by atoms with Crippen molar-refractivity contribution < 1.29 is 18.3 Å². The number of benzene rings is 1. The van der Waals surface area contributed by atoms with Gasteiger partial charge in [-0.15, -0.1) is 0 Å². The third kappa shape index (κ3) is 3.48. The maximum Gasteiger partial charge on any atom is 0.416 e. The monoisotopic (exact) mass is 466 g/mol. The Bertz CT molecular complexity index is 1100. The van der Waals surface area contributed by atoms with Crippen molar-refractivity contribution in [1.29, 1.82) is 0 Å². The first-order chi connectivity index (χ1) is 15.3. The zero-order chi connectivity index (χ0) is 22.6. The van der Waals surface area contributed by atoms with Crippen LogP contribution in [0.25, 0.3) is 5.69 Å². The minimum Gasteiger partial charge on any atom is -0.493 e. The number of alkyl halides is 3. The van der Waals surface area contributed by atoms with E-state index in [4.69, 9.17) is 12.2 Å². The van der Waals surface area contributed by atoms with E-state index in [0.717, 1.165) is 23.2 Å². The second-order valence-electron chi connectivity index (χ2n) is 8.99. The molecule has 10 heteroatoms. The van der Waals surface area contributed by atoms with Gasteiger partial charge in [0.05, 0.1) is 23.3 Å². The highest BCUT2D eigenvalue weighted by Gasteiger charge is 2.48. The smallest absolute Gasteiger partial charge is 0.416 e. The van der Waals surface area contributed by atoms with Gasteiger partial charge in [0, 0.05) is 13.1 Å². The summed E-state index contributed by atoms with van der Waals surface area (Å²) in [6.07, 6.45) is 2.28. The molecule has 2 N–H and O–H groups in total. The number of thiocarbonyl (C=S) groups is 1. The van der Waals surface area contributed by atoms with Crippen molar-refractivity contribution in [2.24, 2.45) is 5.92 Å². The number of rotatable bonds is 3. The number of hydrogen-bond donors (Lipinski definition) is 2. The van der Waals surface area contributed by atoms with E-state index in [1.165, 1.54) is 48.8 Å². The molecule has 0 amide bonds. The van der Waals surface area contributed by atoms with Crippen molar-refractivity contribution in [3.63, 3.8) is 0 Å². The molecule has 1 aromatic carbocycles. The number of likely N-dealkylation sites (tertiary alicyclic amines) is 1. The molecule has 6 nitrogen and oxygen atoms in total. The number of fused-ring (bicyclic) bond motifs is 5. The molecule has 2 fully saturated rings. The van der Waals surface area contributed by atoms with Crippen molar-refractivity contribution >= 4 is 17.3 Å². The normalized spacial score (nSPS) is 22.9. The lowest BCUT2D eigenvalue weighted by molar-refractivity contribution is -0.137.